The van der Waals surface area contributed by atoms with Crippen LogP contribution in [0.3, 0.4) is 0 Å². The van der Waals surface area contributed by atoms with Gasteiger partial charge >= 0.3 is 0 Å². The van der Waals surface area contributed by atoms with Crippen LogP contribution in [-0.2, 0) is 18.4 Å². The van der Waals surface area contributed by atoms with E-state index < -0.39 is 0 Å². The molecule has 0 aliphatic carbocycles. The maximum absolute atomic E-state index is 5.38. The molecule has 6 nitrogen and oxygen atoms in total. The van der Waals surface area contributed by atoms with E-state index in [2.05, 4.69) is 20.3 Å². The SMILES string of the molecule is CCNc1cc(-c2nccn2C)nc(COCC)n1. The summed E-state index contributed by atoms with van der Waals surface area (Å²) in [6, 6.07) is 1.90. The van der Waals surface area contributed by atoms with E-state index in [0.29, 0.717) is 19.0 Å². The Hall–Kier alpha value is -1.95. The highest BCUT2D eigenvalue weighted by Gasteiger charge is 2.10. The third-order valence-electron chi connectivity index (χ3n) is 2.62. The average molecular weight is 261 g/mol. The van der Waals surface area contributed by atoms with Crippen molar-refractivity contribution in [1.29, 1.82) is 0 Å². The Kier molecular flexibility index (Phi) is 4.46. The molecule has 0 bridgehead atoms. The standard InChI is InChI=1S/C13H19N5O/c1-4-14-11-8-10(13-15-6-7-18(13)3)16-12(17-11)9-19-5-2/h6-8H,4-5,9H2,1-3H3,(H,14,16,17). The van der Waals surface area contributed by atoms with Crippen LogP contribution >= 0.6 is 0 Å². The molecule has 0 aromatic carbocycles. The lowest BCUT2D eigenvalue weighted by Gasteiger charge is -2.09. The van der Waals surface area contributed by atoms with E-state index in [1.165, 1.54) is 0 Å². The summed E-state index contributed by atoms with van der Waals surface area (Å²) in [6.45, 7) is 5.85. The highest BCUT2D eigenvalue weighted by atomic mass is 16.5. The van der Waals surface area contributed by atoms with Gasteiger partial charge < -0.3 is 14.6 Å². The summed E-state index contributed by atoms with van der Waals surface area (Å²) in [5.41, 5.74) is 0.799. The molecule has 0 fully saturated rings. The maximum atomic E-state index is 5.38. The quantitative estimate of drug-likeness (QED) is 0.859. The monoisotopic (exact) mass is 261 g/mol. The molecule has 2 aromatic heterocycles. The van der Waals surface area contributed by atoms with E-state index in [1.807, 2.05) is 37.7 Å². The van der Waals surface area contributed by atoms with Crippen LogP contribution in [0, 0.1) is 0 Å². The number of aryl methyl sites for hydroxylation is 1. The molecular formula is C13H19N5O. The van der Waals surface area contributed by atoms with Gasteiger partial charge in [-0.25, -0.2) is 15.0 Å². The summed E-state index contributed by atoms with van der Waals surface area (Å²) in [7, 11) is 1.94. The van der Waals surface area contributed by atoms with Crippen molar-refractivity contribution in [3.8, 4) is 11.5 Å². The van der Waals surface area contributed by atoms with Gasteiger partial charge in [-0.2, -0.15) is 0 Å². The molecule has 102 valence electrons. The lowest BCUT2D eigenvalue weighted by Crippen LogP contribution is -2.07. The van der Waals surface area contributed by atoms with Gasteiger partial charge in [0.05, 0.1) is 0 Å². The largest absolute Gasteiger partial charge is 0.374 e. The minimum atomic E-state index is 0.410. The number of anilines is 1. The average Bonchev–Trinajstić information content (AvgIpc) is 2.83. The van der Waals surface area contributed by atoms with E-state index >= 15 is 0 Å². The normalized spacial score (nSPS) is 10.7. The first-order valence-electron chi connectivity index (χ1n) is 6.41. The summed E-state index contributed by atoms with van der Waals surface area (Å²) >= 11 is 0. The molecule has 1 N–H and O–H groups in total. The Labute approximate surface area is 112 Å². The minimum Gasteiger partial charge on any atom is -0.374 e. The summed E-state index contributed by atoms with van der Waals surface area (Å²) < 4.78 is 7.31. The van der Waals surface area contributed by atoms with Gasteiger partial charge in [0.15, 0.2) is 11.6 Å². The Morgan fingerprint density at radius 3 is 2.79 bits per heavy atom. The smallest absolute Gasteiger partial charge is 0.158 e. The van der Waals surface area contributed by atoms with Gasteiger partial charge in [-0.15, -0.1) is 0 Å². The molecule has 6 heteroatoms. The molecule has 0 aliphatic rings. The van der Waals surface area contributed by atoms with Crippen molar-refractivity contribution < 1.29 is 4.74 Å². The van der Waals surface area contributed by atoms with E-state index in [-0.39, 0.29) is 0 Å². The topological polar surface area (TPSA) is 64.9 Å². The van der Waals surface area contributed by atoms with Crippen LogP contribution in [0.4, 0.5) is 5.82 Å². The van der Waals surface area contributed by atoms with Gasteiger partial charge in [0.1, 0.15) is 18.1 Å². The van der Waals surface area contributed by atoms with Crippen molar-refractivity contribution in [3.05, 3.63) is 24.3 Å². The fourth-order valence-electron chi connectivity index (χ4n) is 1.75. The fraction of sp³-hybridized carbons (Fsp3) is 0.462. The van der Waals surface area contributed by atoms with E-state index in [9.17, 15) is 0 Å². The van der Waals surface area contributed by atoms with Crippen LogP contribution in [0.15, 0.2) is 18.5 Å². The highest BCUT2D eigenvalue weighted by molar-refractivity contribution is 5.55. The molecule has 0 unspecified atom stereocenters. The highest BCUT2D eigenvalue weighted by Crippen LogP contribution is 2.18. The van der Waals surface area contributed by atoms with Crippen molar-refractivity contribution >= 4 is 5.82 Å². The summed E-state index contributed by atoms with van der Waals surface area (Å²) in [6.07, 6.45) is 3.65. The van der Waals surface area contributed by atoms with Gasteiger partial charge in [0.25, 0.3) is 0 Å². The fourth-order valence-corrected chi connectivity index (χ4v) is 1.75. The zero-order chi connectivity index (χ0) is 13.7. The van der Waals surface area contributed by atoms with Crippen LogP contribution in [0.5, 0.6) is 0 Å². The molecule has 2 heterocycles. The second-order valence-electron chi connectivity index (χ2n) is 4.08. The van der Waals surface area contributed by atoms with E-state index in [0.717, 1.165) is 23.9 Å². The number of imidazole rings is 1. The summed E-state index contributed by atoms with van der Waals surface area (Å²) in [5, 5.41) is 3.20. The van der Waals surface area contributed by atoms with Crippen molar-refractivity contribution in [2.75, 3.05) is 18.5 Å². The second kappa shape index (κ2) is 6.29. The first-order chi connectivity index (χ1) is 9.24. The molecule has 0 spiro atoms. The third-order valence-corrected chi connectivity index (χ3v) is 2.62. The molecule has 0 radical (unpaired) electrons. The lowest BCUT2D eigenvalue weighted by atomic mass is 10.3. The van der Waals surface area contributed by atoms with Crippen molar-refractivity contribution in [2.45, 2.75) is 20.5 Å². The molecule has 2 rings (SSSR count). The van der Waals surface area contributed by atoms with Gasteiger partial charge in [0.2, 0.25) is 0 Å². The van der Waals surface area contributed by atoms with Crippen LogP contribution in [0.2, 0.25) is 0 Å². The van der Waals surface area contributed by atoms with E-state index in [1.54, 1.807) is 6.20 Å². The maximum Gasteiger partial charge on any atom is 0.158 e. The van der Waals surface area contributed by atoms with E-state index in [4.69, 9.17) is 4.74 Å². The number of rotatable bonds is 6. The van der Waals surface area contributed by atoms with Gasteiger partial charge in [-0.3, -0.25) is 0 Å². The Bertz CT molecular complexity index is 538. The van der Waals surface area contributed by atoms with Crippen LogP contribution in [-0.4, -0.2) is 32.7 Å². The molecule has 0 aliphatic heterocycles. The zero-order valence-electron chi connectivity index (χ0n) is 11.6. The number of aromatic nitrogens is 4. The van der Waals surface area contributed by atoms with Crippen LogP contribution < -0.4 is 5.32 Å². The number of nitrogens with zero attached hydrogens (tertiary/aromatic N) is 4. The predicted molar refractivity (Wildman–Crippen MR) is 73.7 cm³/mol. The molecule has 0 amide bonds. The number of ether oxygens (including phenoxy) is 1. The van der Waals surface area contributed by atoms with Gasteiger partial charge in [0, 0.05) is 38.7 Å². The van der Waals surface area contributed by atoms with Gasteiger partial charge in [-0.1, -0.05) is 0 Å². The Morgan fingerprint density at radius 1 is 1.32 bits per heavy atom. The first-order valence-corrected chi connectivity index (χ1v) is 6.41. The molecule has 2 aromatic rings. The number of hydrogen-bond acceptors (Lipinski definition) is 5. The Balaban J connectivity index is 2.36. The molecular weight excluding hydrogens is 242 g/mol. The van der Waals surface area contributed by atoms with Crippen molar-refractivity contribution in [2.24, 2.45) is 7.05 Å². The zero-order valence-corrected chi connectivity index (χ0v) is 11.6. The Morgan fingerprint density at radius 2 is 2.16 bits per heavy atom. The molecule has 19 heavy (non-hydrogen) atoms. The second-order valence-corrected chi connectivity index (χ2v) is 4.08. The number of hydrogen-bond donors (Lipinski definition) is 1. The molecule has 0 saturated heterocycles. The van der Waals surface area contributed by atoms with Crippen molar-refractivity contribution in [1.82, 2.24) is 19.5 Å². The number of nitrogens with one attached hydrogen (secondary N) is 1. The van der Waals surface area contributed by atoms with Crippen LogP contribution in [0.1, 0.15) is 19.7 Å². The van der Waals surface area contributed by atoms with Crippen LogP contribution in [0.25, 0.3) is 11.5 Å². The molecule has 0 atom stereocenters. The summed E-state index contributed by atoms with van der Waals surface area (Å²) in [5.74, 6) is 2.28. The summed E-state index contributed by atoms with van der Waals surface area (Å²) in [4.78, 5) is 13.2. The third kappa shape index (κ3) is 3.29. The van der Waals surface area contributed by atoms with Crippen molar-refractivity contribution in [3.63, 3.8) is 0 Å². The minimum absolute atomic E-state index is 0.410. The predicted octanol–water partition coefficient (Wildman–Crippen LogP) is 1.85. The molecule has 0 saturated carbocycles. The van der Waals surface area contributed by atoms with Gasteiger partial charge in [-0.05, 0) is 13.8 Å². The first kappa shape index (κ1) is 13.5. The lowest BCUT2D eigenvalue weighted by molar-refractivity contribution is 0.128.